The third-order valence-electron chi connectivity index (χ3n) is 4.75. The molecule has 10 heteroatoms. The molecule has 0 aliphatic rings. The molecule has 10 nitrogen and oxygen atoms in total. The van der Waals surface area contributed by atoms with Crippen molar-refractivity contribution < 1.29 is 0 Å². The molecule has 0 saturated carbocycles. The van der Waals surface area contributed by atoms with Gasteiger partial charge in [0.2, 0.25) is 5.82 Å². The molecule has 33 heavy (non-hydrogen) atoms. The summed E-state index contributed by atoms with van der Waals surface area (Å²) in [6, 6.07) is 14.7. The minimum absolute atomic E-state index is 0.225. The Labute approximate surface area is 189 Å². The largest absolute Gasteiger partial charge is 0.398 e. The van der Waals surface area contributed by atoms with Crippen LogP contribution in [0.4, 0.5) is 0 Å². The maximum absolute atomic E-state index is 9.24. The van der Waals surface area contributed by atoms with E-state index in [1.807, 2.05) is 43.3 Å². The molecule has 3 aromatic heterocycles. The Hall–Kier alpha value is -4.91. The van der Waals surface area contributed by atoms with Crippen LogP contribution in [0.2, 0.25) is 0 Å². The van der Waals surface area contributed by atoms with Crippen molar-refractivity contribution in [2.24, 2.45) is 5.73 Å². The summed E-state index contributed by atoms with van der Waals surface area (Å²) in [6.07, 6.45) is 5.37. The van der Waals surface area contributed by atoms with Gasteiger partial charge in [-0.1, -0.05) is 36.9 Å². The molecule has 1 aromatic carbocycles. The summed E-state index contributed by atoms with van der Waals surface area (Å²) in [5.41, 5.74) is 10.0. The Balaban J connectivity index is 1.71. The number of rotatable bonds is 7. The monoisotopic (exact) mass is 436 g/mol. The fourth-order valence-electron chi connectivity index (χ4n) is 3.24. The van der Waals surface area contributed by atoms with Crippen molar-refractivity contribution in [3.05, 3.63) is 95.7 Å². The summed E-state index contributed by atoms with van der Waals surface area (Å²) in [6.45, 7) is 6.24. The van der Waals surface area contributed by atoms with Crippen LogP contribution in [0, 0.1) is 11.3 Å². The van der Waals surface area contributed by atoms with E-state index in [4.69, 9.17) is 5.73 Å². The number of nitrogens with zero attached hydrogens (tertiary/aromatic N) is 8. The molecule has 0 aliphatic heterocycles. The Kier molecular flexibility index (Phi) is 6.13. The molecule has 0 bridgehead atoms. The highest BCUT2D eigenvalue weighted by Gasteiger charge is 2.18. The zero-order chi connectivity index (χ0) is 23.2. The van der Waals surface area contributed by atoms with Crippen LogP contribution in [0.5, 0.6) is 0 Å². The van der Waals surface area contributed by atoms with Gasteiger partial charge in [0.1, 0.15) is 12.2 Å². The van der Waals surface area contributed by atoms with Gasteiger partial charge in [-0.2, -0.15) is 10.4 Å². The molecule has 0 atom stereocenters. The number of allylic oxidation sites excluding steroid dienone is 4. The molecular formula is C23H20N10. The number of hydrogen-bond acceptors (Lipinski definition) is 8. The zero-order valence-electron chi connectivity index (χ0n) is 17.8. The number of aromatic amines is 1. The quantitative estimate of drug-likeness (QED) is 0.420. The van der Waals surface area contributed by atoms with E-state index in [0.717, 1.165) is 0 Å². The number of tetrazole rings is 1. The summed E-state index contributed by atoms with van der Waals surface area (Å²) < 4.78 is 1.57. The van der Waals surface area contributed by atoms with Crippen LogP contribution in [0.1, 0.15) is 29.7 Å². The van der Waals surface area contributed by atoms with Crippen molar-refractivity contribution in [2.45, 2.75) is 13.5 Å². The van der Waals surface area contributed by atoms with E-state index in [-0.39, 0.29) is 6.54 Å². The second-order valence-corrected chi connectivity index (χ2v) is 6.98. The van der Waals surface area contributed by atoms with Crippen molar-refractivity contribution in [1.82, 2.24) is 40.4 Å². The highest BCUT2D eigenvalue weighted by molar-refractivity contribution is 5.96. The number of H-pyrrole nitrogens is 1. The number of nitrogens with two attached hydrogens (primary N) is 1. The molecule has 162 valence electrons. The predicted octanol–water partition coefficient (Wildman–Crippen LogP) is 2.73. The average Bonchev–Trinajstić information content (AvgIpc) is 3.50. The van der Waals surface area contributed by atoms with Crippen LogP contribution < -0.4 is 5.73 Å². The maximum atomic E-state index is 9.24. The van der Waals surface area contributed by atoms with Gasteiger partial charge in [-0.05, 0) is 52.8 Å². The van der Waals surface area contributed by atoms with Gasteiger partial charge in [-0.3, -0.25) is 10.1 Å². The van der Waals surface area contributed by atoms with Crippen LogP contribution in [-0.4, -0.2) is 40.4 Å². The van der Waals surface area contributed by atoms with Crippen LogP contribution >= 0.6 is 0 Å². The second kappa shape index (κ2) is 9.49. The molecule has 3 heterocycles. The van der Waals surface area contributed by atoms with Crippen molar-refractivity contribution >= 4 is 11.3 Å². The first-order chi connectivity index (χ1) is 16.1. The Morgan fingerprint density at radius 2 is 2.15 bits per heavy atom. The van der Waals surface area contributed by atoms with Gasteiger partial charge in [-0.15, -0.1) is 5.10 Å². The first kappa shape index (κ1) is 21.3. The third kappa shape index (κ3) is 4.57. The van der Waals surface area contributed by atoms with Crippen LogP contribution in [-0.2, 0) is 6.54 Å². The fraction of sp³-hybridized carbons (Fsp3) is 0.0870. The standard InChI is InChI=1S/C23H20N10/c1-3-7-15(2)20(21(25)17-9-6-8-16(12-17)13-24)22-27-19(28-29-22)14-33-23(30-31-32-33)18-10-4-5-11-26-18/h3-12H,2,14,25H2,1H3,(H,27,28,29)/b7-3-,21-20-. The van der Waals surface area contributed by atoms with E-state index in [1.54, 1.807) is 29.1 Å². The van der Waals surface area contributed by atoms with Gasteiger partial charge < -0.3 is 5.73 Å². The molecule has 0 fully saturated rings. The number of nitriles is 1. The number of benzene rings is 1. The van der Waals surface area contributed by atoms with E-state index in [2.05, 4.69) is 48.3 Å². The first-order valence-corrected chi connectivity index (χ1v) is 10.0. The Morgan fingerprint density at radius 3 is 2.91 bits per heavy atom. The molecular weight excluding hydrogens is 416 g/mol. The van der Waals surface area contributed by atoms with E-state index in [1.165, 1.54) is 0 Å². The van der Waals surface area contributed by atoms with Crippen molar-refractivity contribution in [2.75, 3.05) is 0 Å². The SMILES string of the molecule is C=C(/C=C\C)/C(=C(/N)c1cccc(C#N)c1)c1nc(Cn2nnnc2-c2ccccn2)n[nH]1. The van der Waals surface area contributed by atoms with Gasteiger partial charge in [0, 0.05) is 11.8 Å². The maximum Gasteiger partial charge on any atom is 0.201 e. The van der Waals surface area contributed by atoms with Gasteiger partial charge in [-0.25, -0.2) is 9.67 Å². The van der Waals surface area contributed by atoms with Crippen molar-refractivity contribution in [1.29, 1.82) is 5.26 Å². The molecule has 0 unspecified atom stereocenters. The van der Waals surface area contributed by atoms with Crippen molar-refractivity contribution in [3.8, 4) is 17.6 Å². The summed E-state index contributed by atoms with van der Waals surface area (Å²) >= 11 is 0. The zero-order valence-corrected chi connectivity index (χ0v) is 17.8. The van der Waals surface area contributed by atoms with E-state index in [0.29, 0.717) is 51.1 Å². The Morgan fingerprint density at radius 1 is 1.27 bits per heavy atom. The molecule has 0 saturated heterocycles. The number of hydrogen-bond donors (Lipinski definition) is 2. The van der Waals surface area contributed by atoms with Gasteiger partial charge in [0.25, 0.3) is 0 Å². The normalized spacial score (nSPS) is 11.9. The number of aromatic nitrogens is 8. The molecule has 0 amide bonds. The number of nitrogens with one attached hydrogen (secondary N) is 1. The summed E-state index contributed by atoms with van der Waals surface area (Å²) in [5, 5.41) is 28.3. The summed E-state index contributed by atoms with van der Waals surface area (Å²) in [7, 11) is 0. The van der Waals surface area contributed by atoms with Crippen LogP contribution in [0.3, 0.4) is 0 Å². The van der Waals surface area contributed by atoms with Crippen molar-refractivity contribution in [3.63, 3.8) is 0 Å². The molecule has 3 N–H and O–H groups in total. The minimum atomic E-state index is 0.225. The smallest absolute Gasteiger partial charge is 0.201 e. The lowest BCUT2D eigenvalue weighted by molar-refractivity contribution is 0.630. The molecule has 4 rings (SSSR count). The lowest BCUT2D eigenvalue weighted by Gasteiger charge is -2.11. The minimum Gasteiger partial charge on any atom is -0.398 e. The van der Waals surface area contributed by atoms with Crippen LogP contribution in [0.25, 0.3) is 22.8 Å². The van der Waals surface area contributed by atoms with Gasteiger partial charge in [0.15, 0.2) is 11.6 Å². The van der Waals surface area contributed by atoms with Gasteiger partial charge in [0.05, 0.1) is 17.3 Å². The van der Waals surface area contributed by atoms with Crippen LogP contribution in [0.15, 0.2) is 73.0 Å². The molecule has 0 radical (unpaired) electrons. The molecule has 0 aliphatic carbocycles. The van der Waals surface area contributed by atoms with E-state index >= 15 is 0 Å². The first-order valence-electron chi connectivity index (χ1n) is 10.0. The summed E-state index contributed by atoms with van der Waals surface area (Å²) in [4.78, 5) is 8.91. The lowest BCUT2D eigenvalue weighted by Crippen LogP contribution is -2.07. The highest BCUT2D eigenvalue weighted by atomic mass is 15.5. The average molecular weight is 436 g/mol. The number of pyridine rings is 1. The third-order valence-corrected chi connectivity index (χ3v) is 4.75. The topological polar surface area (TPSA) is 148 Å². The second-order valence-electron chi connectivity index (χ2n) is 6.98. The fourth-order valence-corrected chi connectivity index (χ4v) is 3.24. The van der Waals surface area contributed by atoms with E-state index in [9.17, 15) is 5.26 Å². The molecule has 4 aromatic rings. The highest BCUT2D eigenvalue weighted by Crippen LogP contribution is 2.28. The lowest BCUT2D eigenvalue weighted by atomic mass is 9.99. The predicted molar refractivity (Wildman–Crippen MR) is 123 cm³/mol. The van der Waals surface area contributed by atoms with Gasteiger partial charge >= 0.3 is 0 Å². The van der Waals surface area contributed by atoms with E-state index < -0.39 is 0 Å². The molecule has 0 spiro atoms. The summed E-state index contributed by atoms with van der Waals surface area (Å²) in [5.74, 6) is 1.41. The Bertz CT molecular complexity index is 1390.